The largest absolute Gasteiger partial charge is 0.481 e. The molecule has 0 saturated heterocycles. The van der Waals surface area contributed by atoms with E-state index in [0.717, 1.165) is 12.8 Å². The van der Waals surface area contributed by atoms with Crippen LogP contribution in [0.3, 0.4) is 0 Å². The van der Waals surface area contributed by atoms with E-state index in [1.807, 2.05) is 0 Å². The lowest BCUT2D eigenvalue weighted by molar-refractivity contribution is -0.137. The van der Waals surface area contributed by atoms with Crippen molar-refractivity contribution < 1.29 is 24.3 Å². The van der Waals surface area contributed by atoms with Gasteiger partial charge in [-0.15, -0.1) is 0 Å². The average molecular weight is 299 g/mol. The van der Waals surface area contributed by atoms with Gasteiger partial charge in [0.15, 0.2) is 0 Å². The van der Waals surface area contributed by atoms with Crippen LogP contribution in [0, 0.1) is 0 Å². The van der Waals surface area contributed by atoms with Crippen LogP contribution < -0.4 is 16.0 Å². The summed E-state index contributed by atoms with van der Waals surface area (Å²) in [6.45, 7) is 0.298. The Morgan fingerprint density at radius 3 is 2.24 bits per heavy atom. The predicted octanol–water partition coefficient (Wildman–Crippen LogP) is 0.126. The second-order valence-electron chi connectivity index (χ2n) is 5.00. The maximum atomic E-state index is 11.3. The lowest BCUT2D eigenvalue weighted by Gasteiger charge is -2.06. The molecule has 0 unspecified atom stereocenters. The maximum absolute atomic E-state index is 11.3. The first-order valence-corrected chi connectivity index (χ1v) is 7.06. The first-order chi connectivity index (χ1) is 9.97. The summed E-state index contributed by atoms with van der Waals surface area (Å²) >= 11 is 0. The summed E-state index contributed by atoms with van der Waals surface area (Å²) in [6, 6.07) is -0.296. The zero-order valence-electron chi connectivity index (χ0n) is 11.8. The number of hydrogen-bond donors (Lipinski definition) is 4. The Hall–Kier alpha value is -2.12. The zero-order valence-corrected chi connectivity index (χ0v) is 11.8. The fraction of sp³-hybridized carbons (Fsp3) is 0.692. The fourth-order valence-corrected chi connectivity index (χ4v) is 1.61. The molecule has 21 heavy (non-hydrogen) atoms. The highest BCUT2D eigenvalue weighted by Crippen LogP contribution is 2.18. The molecule has 1 aliphatic rings. The Kier molecular flexibility index (Phi) is 7.20. The molecule has 0 aromatic heterocycles. The molecule has 4 amide bonds. The number of rotatable bonds is 9. The highest BCUT2D eigenvalue weighted by molar-refractivity contribution is 5.94. The third-order valence-corrected chi connectivity index (χ3v) is 2.86. The van der Waals surface area contributed by atoms with E-state index < -0.39 is 17.9 Å². The lowest BCUT2D eigenvalue weighted by atomic mass is 10.2. The standard InChI is InChI=1S/C13H21N3O5/c17-10(15-9-6-7-9)4-2-8-14-13(21)16-11(18)3-1-5-12(19)20/h9H,1-8H2,(H,15,17)(H,19,20)(H2,14,16,18,21). The third kappa shape index (κ3) is 9.42. The number of carboxylic acid groups (broad SMARTS) is 1. The summed E-state index contributed by atoms with van der Waals surface area (Å²) in [5.41, 5.74) is 0. The van der Waals surface area contributed by atoms with Gasteiger partial charge in [0.2, 0.25) is 11.8 Å². The van der Waals surface area contributed by atoms with Crippen LogP contribution in [0.15, 0.2) is 0 Å². The smallest absolute Gasteiger partial charge is 0.321 e. The summed E-state index contributed by atoms with van der Waals surface area (Å²) < 4.78 is 0. The molecule has 0 aromatic carbocycles. The van der Waals surface area contributed by atoms with E-state index in [9.17, 15) is 19.2 Å². The van der Waals surface area contributed by atoms with Gasteiger partial charge in [-0.05, 0) is 25.7 Å². The molecule has 118 valence electrons. The van der Waals surface area contributed by atoms with Gasteiger partial charge in [0.25, 0.3) is 0 Å². The van der Waals surface area contributed by atoms with E-state index >= 15 is 0 Å². The molecule has 1 fully saturated rings. The van der Waals surface area contributed by atoms with Gasteiger partial charge < -0.3 is 15.7 Å². The molecule has 0 radical (unpaired) electrons. The number of nitrogens with one attached hydrogen (secondary N) is 3. The monoisotopic (exact) mass is 299 g/mol. The number of amides is 4. The summed E-state index contributed by atoms with van der Waals surface area (Å²) in [7, 11) is 0. The van der Waals surface area contributed by atoms with Crippen molar-refractivity contribution in [3.05, 3.63) is 0 Å². The first kappa shape index (κ1) is 16.9. The minimum absolute atomic E-state index is 0.0104. The molecule has 1 rings (SSSR count). The summed E-state index contributed by atoms with van der Waals surface area (Å²) in [5.74, 6) is -1.51. The van der Waals surface area contributed by atoms with Gasteiger partial charge in [0.1, 0.15) is 0 Å². The molecule has 0 bridgehead atoms. The SMILES string of the molecule is O=C(O)CCCC(=O)NC(=O)NCCCC(=O)NC1CC1. The second-order valence-corrected chi connectivity index (χ2v) is 5.00. The summed E-state index contributed by atoms with van der Waals surface area (Å²) in [4.78, 5) is 44.2. The average Bonchev–Trinajstić information content (AvgIpc) is 3.18. The Balaban J connectivity index is 1.98. The molecule has 4 N–H and O–H groups in total. The topological polar surface area (TPSA) is 125 Å². The van der Waals surface area contributed by atoms with Crippen LogP contribution in [0.25, 0.3) is 0 Å². The Labute approximate surface area is 122 Å². The Morgan fingerprint density at radius 2 is 1.62 bits per heavy atom. The van der Waals surface area contributed by atoms with Gasteiger partial charge in [-0.1, -0.05) is 0 Å². The van der Waals surface area contributed by atoms with E-state index in [1.165, 1.54) is 0 Å². The van der Waals surface area contributed by atoms with Gasteiger partial charge in [-0.2, -0.15) is 0 Å². The quantitative estimate of drug-likeness (QED) is 0.450. The molecule has 8 heteroatoms. The van der Waals surface area contributed by atoms with Crippen LogP contribution in [0.4, 0.5) is 4.79 Å². The Morgan fingerprint density at radius 1 is 0.952 bits per heavy atom. The van der Waals surface area contributed by atoms with Crippen molar-refractivity contribution in [2.24, 2.45) is 0 Å². The highest BCUT2D eigenvalue weighted by atomic mass is 16.4. The number of imide groups is 1. The number of hydrogen-bond acceptors (Lipinski definition) is 4. The van der Waals surface area contributed by atoms with Crippen molar-refractivity contribution >= 4 is 23.8 Å². The Bertz CT molecular complexity index is 407. The summed E-state index contributed by atoms with van der Waals surface area (Å²) in [6.07, 6.45) is 2.99. The minimum atomic E-state index is -0.975. The normalized spacial score (nSPS) is 13.3. The van der Waals surface area contributed by atoms with Gasteiger partial charge in [0.05, 0.1) is 0 Å². The fourth-order valence-electron chi connectivity index (χ4n) is 1.61. The summed E-state index contributed by atoms with van der Waals surface area (Å²) in [5, 5.41) is 15.8. The van der Waals surface area contributed by atoms with Crippen LogP contribution in [0.1, 0.15) is 44.9 Å². The van der Waals surface area contributed by atoms with Crippen molar-refractivity contribution in [1.29, 1.82) is 0 Å². The number of carbonyl (C=O) groups excluding carboxylic acids is 3. The van der Waals surface area contributed by atoms with Crippen molar-refractivity contribution in [3.8, 4) is 0 Å². The molecular weight excluding hydrogens is 278 g/mol. The number of urea groups is 1. The molecule has 0 atom stereocenters. The molecule has 0 aromatic rings. The van der Waals surface area contributed by atoms with E-state index in [2.05, 4.69) is 16.0 Å². The van der Waals surface area contributed by atoms with Gasteiger partial charge in [0, 0.05) is 31.8 Å². The van der Waals surface area contributed by atoms with E-state index in [1.54, 1.807) is 0 Å². The minimum Gasteiger partial charge on any atom is -0.481 e. The molecule has 0 spiro atoms. The molecule has 1 saturated carbocycles. The molecular formula is C13H21N3O5. The van der Waals surface area contributed by atoms with Gasteiger partial charge >= 0.3 is 12.0 Å². The van der Waals surface area contributed by atoms with E-state index in [4.69, 9.17) is 5.11 Å². The van der Waals surface area contributed by atoms with Crippen molar-refractivity contribution in [3.63, 3.8) is 0 Å². The third-order valence-electron chi connectivity index (χ3n) is 2.86. The van der Waals surface area contributed by atoms with Crippen LogP contribution in [0.2, 0.25) is 0 Å². The maximum Gasteiger partial charge on any atom is 0.321 e. The zero-order chi connectivity index (χ0) is 15.7. The van der Waals surface area contributed by atoms with Crippen LogP contribution in [-0.2, 0) is 14.4 Å². The molecule has 0 aliphatic heterocycles. The van der Waals surface area contributed by atoms with Crippen LogP contribution >= 0.6 is 0 Å². The van der Waals surface area contributed by atoms with Crippen LogP contribution in [-0.4, -0.2) is 41.5 Å². The van der Waals surface area contributed by atoms with Gasteiger partial charge in [-0.3, -0.25) is 19.7 Å². The highest BCUT2D eigenvalue weighted by Gasteiger charge is 2.22. The number of carboxylic acids is 1. The lowest BCUT2D eigenvalue weighted by Crippen LogP contribution is -2.40. The first-order valence-electron chi connectivity index (χ1n) is 7.06. The number of aliphatic carboxylic acids is 1. The predicted molar refractivity (Wildman–Crippen MR) is 73.4 cm³/mol. The van der Waals surface area contributed by atoms with Crippen LogP contribution in [0.5, 0.6) is 0 Å². The van der Waals surface area contributed by atoms with Gasteiger partial charge in [-0.25, -0.2) is 4.79 Å². The van der Waals surface area contributed by atoms with Crippen molar-refractivity contribution in [2.75, 3.05) is 6.54 Å². The molecule has 8 nitrogen and oxygen atoms in total. The van der Waals surface area contributed by atoms with Crippen molar-refractivity contribution in [1.82, 2.24) is 16.0 Å². The molecule has 1 aliphatic carbocycles. The van der Waals surface area contributed by atoms with Crippen molar-refractivity contribution in [2.45, 2.75) is 51.0 Å². The molecule has 0 heterocycles. The van der Waals surface area contributed by atoms with E-state index in [0.29, 0.717) is 25.4 Å². The second kappa shape index (κ2) is 8.93. The number of carbonyl (C=O) groups is 4. The van der Waals surface area contributed by atoms with E-state index in [-0.39, 0.29) is 25.2 Å².